The van der Waals surface area contributed by atoms with Gasteiger partial charge >= 0.3 is 6.18 Å². The zero-order valence-corrected chi connectivity index (χ0v) is 13.4. The minimum absolute atomic E-state index is 0.116. The molecule has 132 valence electrons. The van der Waals surface area contributed by atoms with Crippen LogP contribution < -0.4 is 10.6 Å². The third kappa shape index (κ3) is 3.76. The number of pyridine rings is 1. The molecule has 0 unspecified atom stereocenters. The van der Waals surface area contributed by atoms with Crippen molar-refractivity contribution in [2.75, 3.05) is 6.54 Å². The Hall–Kier alpha value is -2.55. The molecule has 2 aromatic rings. The number of carbonyl (C=O) groups is 1. The van der Waals surface area contributed by atoms with Crippen LogP contribution in [0, 0.1) is 0 Å². The summed E-state index contributed by atoms with van der Waals surface area (Å²) in [7, 11) is 0. The molecule has 1 atom stereocenters. The van der Waals surface area contributed by atoms with E-state index in [1.54, 1.807) is 6.07 Å². The molecule has 1 aliphatic heterocycles. The fraction of sp³-hybridized carbons (Fsp3) is 0.375. The van der Waals surface area contributed by atoms with Gasteiger partial charge in [-0.15, -0.1) is 0 Å². The number of amides is 1. The number of hydrogen-bond donors (Lipinski definition) is 2. The van der Waals surface area contributed by atoms with Crippen molar-refractivity contribution in [3.05, 3.63) is 42.1 Å². The molecule has 1 fully saturated rings. The standard InChI is InChI=1S/C16H16F3N5O/c1-15(4-5-24-15)14(25)21-8-11-6-12(23-9-22-11)10-2-3-13(20-7-10)16(17,18)19/h2-3,6-7,9,24H,4-5,8H2,1H3,(H,21,25)/t15-/m0/s1. The van der Waals surface area contributed by atoms with E-state index in [2.05, 4.69) is 25.6 Å². The molecule has 25 heavy (non-hydrogen) atoms. The highest BCUT2D eigenvalue weighted by Gasteiger charge is 2.38. The molecule has 2 aromatic heterocycles. The predicted octanol–water partition coefficient (Wildman–Crippen LogP) is 1.93. The molecule has 0 aliphatic carbocycles. The third-order valence-corrected chi connectivity index (χ3v) is 4.14. The van der Waals surface area contributed by atoms with E-state index in [9.17, 15) is 18.0 Å². The fourth-order valence-corrected chi connectivity index (χ4v) is 2.42. The van der Waals surface area contributed by atoms with Crippen molar-refractivity contribution in [2.24, 2.45) is 0 Å². The minimum Gasteiger partial charge on any atom is -0.349 e. The Labute approximate surface area is 141 Å². The first-order chi connectivity index (χ1) is 11.8. The Morgan fingerprint density at radius 1 is 1.32 bits per heavy atom. The van der Waals surface area contributed by atoms with Crippen LogP contribution in [0.3, 0.4) is 0 Å². The van der Waals surface area contributed by atoms with Gasteiger partial charge < -0.3 is 10.6 Å². The Bertz CT molecular complexity index is 772. The molecule has 3 rings (SSSR count). The number of carbonyl (C=O) groups excluding carboxylic acids is 1. The topological polar surface area (TPSA) is 79.8 Å². The summed E-state index contributed by atoms with van der Waals surface area (Å²) in [5.41, 5.74) is -0.0722. The van der Waals surface area contributed by atoms with Crippen molar-refractivity contribution in [3.8, 4) is 11.3 Å². The van der Waals surface area contributed by atoms with Gasteiger partial charge in [0.25, 0.3) is 0 Å². The number of halogens is 3. The minimum atomic E-state index is -4.48. The summed E-state index contributed by atoms with van der Waals surface area (Å²) >= 11 is 0. The van der Waals surface area contributed by atoms with Gasteiger partial charge in [0.1, 0.15) is 12.0 Å². The van der Waals surface area contributed by atoms with Crippen molar-refractivity contribution in [3.63, 3.8) is 0 Å². The number of nitrogens with zero attached hydrogens (tertiary/aromatic N) is 3. The lowest BCUT2D eigenvalue weighted by Crippen LogP contribution is -2.63. The first-order valence-corrected chi connectivity index (χ1v) is 7.66. The van der Waals surface area contributed by atoms with Crippen molar-refractivity contribution in [2.45, 2.75) is 31.6 Å². The van der Waals surface area contributed by atoms with Crippen LogP contribution in [0.15, 0.2) is 30.7 Å². The molecule has 1 saturated heterocycles. The van der Waals surface area contributed by atoms with E-state index in [1.165, 1.54) is 12.4 Å². The maximum absolute atomic E-state index is 12.6. The second kappa shape index (κ2) is 6.40. The van der Waals surface area contributed by atoms with Gasteiger partial charge in [0.15, 0.2) is 0 Å². The largest absolute Gasteiger partial charge is 0.433 e. The van der Waals surface area contributed by atoms with Crippen LogP contribution in [-0.2, 0) is 17.5 Å². The molecule has 3 heterocycles. The Morgan fingerprint density at radius 2 is 2.08 bits per heavy atom. The Morgan fingerprint density at radius 3 is 2.64 bits per heavy atom. The summed E-state index contributed by atoms with van der Waals surface area (Å²) in [6.45, 7) is 2.84. The second-order valence-corrected chi connectivity index (χ2v) is 6.02. The van der Waals surface area contributed by atoms with Crippen LogP contribution in [0.2, 0.25) is 0 Å². The molecular weight excluding hydrogens is 335 g/mol. The van der Waals surface area contributed by atoms with Crippen LogP contribution in [0.25, 0.3) is 11.3 Å². The van der Waals surface area contributed by atoms with Gasteiger partial charge in [-0.3, -0.25) is 9.78 Å². The fourth-order valence-electron chi connectivity index (χ4n) is 2.42. The van der Waals surface area contributed by atoms with Gasteiger partial charge in [-0.2, -0.15) is 13.2 Å². The summed E-state index contributed by atoms with van der Waals surface area (Å²) in [6.07, 6.45) is -1.29. The average molecular weight is 351 g/mol. The van der Waals surface area contributed by atoms with Crippen LogP contribution in [0.5, 0.6) is 0 Å². The van der Waals surface area contributed by atoms with Gasteiger partial charge in [0.05, 0.1) is 23.5 Å². The summed E-state index contributed by atoms with van der Waals surface area (Å²) in [4.78, 5) is 23.6. The molecule has 0 radical (unpaired) electrons. The molecule has 1 aliphatic rings. The van der Waals surface area contributed by atoms with Crippen molar-refractivity contribution < 1.29 is 18.0 Å². The smallest absolute Gasteiger partial charge is 0.349 e. The van der Waals surface area contributed by atoms with E-state index >= 15 is 0 Å². The molecule has 0 spiro atoms. The third-order valence-electron chi connectivity index (χ3n) is 4.14. The summed E-state index contributed by atoms with van der Waals surface area (Å²) in [5.74, 6) is -0.116. The number of hydrogen-bond acceptors (Lipinski definition) is 5. The summed E-state index contributed by atoms with van der Waals surface area (Å²) in [6, 6.07) is 3.82. The SMILES string of the molecule is C[C@@]1(C(=O)NCc2cc(-c3ccc(C(F)(F)F)nc3)ncn2)CCN1. The molecular formula is C16H16F3N5O. The first kappa shape index (κ1) is 17.3. The number of rotatable bonds is 4. The van der Waals surface area contributed by atoms with Gasteiger partial charge in [0.2, 0.25) is 5.91 Å². The van der Waals surface area contributed by atoms with E-state index in [0.717, 1.165) is 25.2 Å². The van der Waals surface area contributed by atoms with E-state index < -0.39 is 17.4 Å². The van der Waals surface area contributed by atoms with Crippen LogP contribution >= 0.6 is 0 Å². The first-order valence-electron chi connectivity index (χ1n) is 7.66. The van der Waals surface area contributed by atoms with Crippen LogP contribution in [0.4, 0.5) is 13.2 Å². The van der Waals surface area contributed by atoms with Crippen LogP contribution in [0.1, 0.15) is 24.7 Å². The summed E-state index contributed by atoms with van der Waals surface area (Å²) in [5, 5.41) is 5.86. The molecule has 0 saturated carbocycles. The van der Waals surface area contributed by atoms with Gasteiger partial charge in [-0.25, -0.2) is 9.97 Å². The highest BCUT2D eigenvalue weighted by atomic mass is 19.4. The monoisotopic (exact) mass is 351 g/mol. The lowest BCUT2D eigenvalue weighted by atomic mass is 9.89. The van der Waals surface area contributed by atoms with E-state index in [4.69, 9.17) is 0 Å². The van der Waals surface area contributed by atoms with E-state index in [-0.39, 0.29) is 12.5 Å². The quantitative estimate of drug-likeness (QED) is 0.880. The van der Waals surface area contributed by atoms with E-state index in [0.29, 0.717) is 17.0 Å². The number of alkyl halides is 3. The highest BCUT2D eigenvalue weighted by molar-refractivity contribution is 5.86. The molecule has 2 N–H and O–H groups in total. The van der Waals surface area contributed by atoms with Crippen molar-refractivity contribution >= 4 is 5.91 Å². The number of aromatic nitrogens is 3. The van der Waals surface area contributed by atoms with Crippen molar-refractivity contribution in [1.82, 2.24) is 25.6 Å². The molecule has 0 bridgehead atoms. The number of nitrogens with one attached hydrogen (secondary N) is 2. The second-order valence-electron chi connectivity index (χ2n) is 6.02. The van der Waals surface area contributed by atoms with Crippen molar-refractivity contribution in [1.29, 1.82) is 0 Å². The van der Waals surface area contributed by atoms with E-state index in [1.807, 2.05) is 6.92 Å². The molecule has 1 amide bonds. The lowest BCUT2D eigenvalue weighted by Gasteiger charge is -2.38. The van der Waals surface area contributed by atoms with Crippen LogP contribution in [-0.4, -0.2) is 32.9 Å². The molecule has 6 nitrogen and oxygen atoms in total. The Balaban J connectivity index is 1.70. The molecule has 0 aromatic carbocycles. The zero-order valence-electron chi connectivity index (χ0n) is 13.4. The summed E-state index contributed by atoms with van der Waals surface area (Å²) < 4.78 is 37.7. The Kier molecular flexibility index (Phi) is 4.42. The highest BCUT2D eigenvalue weighted by Crippen LogP contribution is 2.28. The average Bonchev–Trinajstić information content (AvgIpc) is 2.57. The molecule has 9 heteroatoms. The maximum atomic E-state index is 12.6. The lowest BCUT2D eigenvalue weighted by molar-refractivity contribution is -0.141. The predicted molar refractivity (Wildman–Crippen MR) is 83.1 cm³/mol. The van der Waals surface area contributed by atoms with Gasteiger partial charge in [-0.05, 0) is 38.1 Å². The normalized spacial score (nSPS) is 20.0. The van der Waals surface area contributed by atoms with Gasteiger partial charge in [0, 0.05) is 11.8 Å². The van der Waals surface area contributed by atoms with Gasteiger partial charge in [-0.1, -0.05) is 0 Å². The zero-order chi connectivity index (χ0) is 18.1. The maximum Gasteiger partial charge on any atom is 0.433 e.